The highest BCUT2D eigenvalue weighted by atomic mass is 16.5. The number of hydrogen-bond acceptors (Lipinski definition) is 3. The minimum atomic E-state index is 0.580. The molecule has 0 heterocycles. The summed E-state index contributed by atoms with van der Waals surface area (Å²) in [5, 5.41) is 3.52. The van der Waals surface area contributed by atoms with E-state index in [0.29, 0.717) is 5.41 Å². The fraction of sp³-hybridized carbons (Fsp3) is 1.00. The van der Waals surface area contributed by atoms with Crippen LogP contribution in [0.1, 0.15) is 39.0 Å². The molecule has 0 amide bonds. The molecule has 0 aromatic heterocycles. The van der Waals surface area contributed by atoms with E-state index in [4.69, 9.17) is 9.47 Å². The Bertz CT molecular complexity index is 169. The first-order valence-corrected chi connectivity index (χ1v) is 6.60. The minimum absolute atomic E-state index is 0.580. The van der Waals surface area contributed by atoms with Crippen LogP contribution in [0, 0.1) is 5.41 Å². The summed E-state index contributed by atoms with van der Waals surface area (Å²) in [5.74, 6) is 0. The molecule has 0 aromatic rings. The monoisotopic (exact) mass is 229 g/mol. The predicted molar refractivity (Wildman–Crippen MR) is 66.8 cm³/mol. The average Bonchev–Trinajstić information content (AvgIpc) is 3.04. The summed E-state index contributed by atoms with van der Waals surface area (Å²) in [5.41, 5.74) is 0.580. The summed E-state index contributed by atoms with van der Waals surface area (Å²) in [6.45, 7) is 7.11. The molecule has 0 spiro atoms. The molecule has 1 fully saturated rings. The summed E-state index contributed by atoms with van der Waals surface area (Å²) < 4.78 is 10.6. The fourth-order valence-electron chi connectivity index (χ4n) is 1.92. The van der Waals surface area contributed by atoms with Crippen LogP contribution in [-0.4, -0.2) is 40.0 Å². The van der Waals surface area contributed by atoms with Crippen molar-refractivity contribution in [1.29, 1.82) is 0 Å². The van der Waals surface area contributed by atoms with E-state index in [2.05, 4.69) is 12.2 Å². The van der Waals surface area contributed by atoms with E-state index in [1.807, 2.05) is 0 Å². The molecule has 16 heavy (non-hydrogen) atoms. The molecule has 3 heteroatoms. The summed E-state index contributed by atoms with van der Waals surface area (Å²) in [6, 6.07) is 0. The molecule has 1 aliphatic carbocycles. The molecule has 1 N–H and O–H groups in total. The first-order valence-electron chi connectivity index (χ1n) is 6.60. The van der Waals surface area contributed by atoms with Crippen LogP contribution in [0.25, 0.3) is 0 Å². The topological polar surface area (TPSA) is 30.5 Å². The summed E-state index contributed by atoms with van der Waals surface area (Å²) >= 11 is 0. The molecule has 1 saturated carbocycles. The van der Waals surface area contributed by atoms with E-state index in [1.54, 1.807) is 7.11 Å². The summed E-state index contributed by atoms with van der Waals surface area (Å²) in [7, 11) is 1.73. The quantitative estimate of drug-likeness (QED) is 0.551. The fourth-order valence-corrected chi connectivity index (χ4v) is 1.92. The van der Waals surface area contributed by atoms with Crippen LogP contribution in [0.3, 0.4) is 0 Å². The largest absolute Gasteiger partial charge is 0.385 e. The van der Waals surface area contributed by atoms with Gasteiger partial charge in [-0.15, -0.1) is 0 Å². The highest BCUT2D eigenvalue weighted by Gasteiger charge is 2.41. The normalized spacial score (nSPS) is 17.6. The van der Waals surface area contributed by atoms with Crippen molar-refractivity contribution in [3.05, 3.63) is 0 Å². The molecule has 0 atom stereocenters. The highest BCUT2D eigenvalue weighted by Crippen LogP contribution is 2.48. The van der Waals surface area contributed by atoms with Gasteiger partial charge in [-0.2, -0.15) is 0 Å². The summed E-state index contributed by atoms with van der Waals surface area (Å²) in [6.07, 6.45) is 6.22. The Morgan fingerprint density at radius 2 is 2.00 bits per heavy atom. The SMILES string of the molecule is CCCNCC1(CCOCCCOC)CC1. The Morgan fingerprint density at radius 3 is 2.62 bits per heavy atom. The van der Waals surface area contributed by atoms with Crippen LogP contribution in [0.15, 0.2) is 0 Å². The zero-order valence-electron chi connectivity index (χ0n) is 10.9. The van der Waals surface area contributed by atoms with Gasteiger partial charge >= 0.3 is 0 Å². The molecule has 0 aliphatic heterocycles. The molecule has 0 aromatic carbocycles. The number of hydrogen-bond donors (Lipinski definition) is 1. The lowest BCUT2D eigenvalue weighted by atomic mass is 10.0. The van der Waals surface area contributed by atoms with Crippen molar-refractivity contribution in [3.8, 4) is 0 Å². The van der Waals surface area contributed by atoms with Crippen LogP contribution in [-0.2, 0) is 9.47 Å². The number of ether oxygens (including phenoxy) is 2. The van der Waals surface area contributed by atoms with Gasteiger partial charge in [0.05, 0.1) is 0 Å². The van der Waals surface area contributed by atoms with E-state index >= 15 is 0 Å². The maximum absolute atomic E-state index is 5.61. The minimum Gasteiger partial charge on any atom is -0.385 e. The summed E-state index contributed by atoms with van der Waals surface area (Å²) in [4.78, 5) is 0. The van der Waals surface area contributed by atoms with Crippen LogP contribution in [0.2, 0.25) is 0 Å². The van der Waals surface area contributed by atoms with E-state index in [9.17, 15) is 0 Å². The van der Waals surface area contributed by atoms with Gasteiger partial charge < -0.3 is 14.8 Å². The Hall–Kier alpha value is -0.120. The van der Waals surface area contributed by atoms with Crippen molar-refractivity contribution in [2.24, 2.45) is 5.41 Å². The average molecular weight is 229 g/mol. The standard InChI is InChI=1S/C13H27NO2/c1-3-8-14-12-13(5-6-13)7-11-16-10-4-9-15-2/h14H,3-12H2,1-2H3. The smallest absolute Gasteiger partial charge is 0.0487 e. The molecule has 1 aliphatic rings. The first-order chi connectivity index (χ1) is 7.83. The van der Waals surface area contributed by atoms with Gasteiger partial charge in [-0.3, -0.25) is 0 Å². The van der Waals surface area contributed by atoms with Crippen LogP contribution < -0.4 is 5.32 Å². The Kier molecular flexibility index (Phi) is 7.01. The second kappa shape index (κ2) is 8.04. The second-order valence-corrected chi connectivity index (χ2v) is 4.89. The zero-order chi connectivity index (χ0) is 11.7. The van der Waals surface area contributed by atoms with Crippen LogP contribution >= 0.6 is 0 Å². The maximum Gasteiger partial charge on any atom is 0.0487 e. The Morgan fingerprint density at radius 1 is 1.19 bits per heavy atom. The molecule has 0 saturated heterocycles. The maximum atomic E-state index is 5.61. The lowest BCUT2D eigenvalue weighted by Crippen LogP contribution is -2.25. The molecule has 3 nitrogen and oxygen atoms in total. The predicted octanol–water partition coefficient (Wildman–Crippen LogP) is 2.21. The van der Waals surface area contributed by atoms with E-state index in [0.717, 1.165) is 32.8 Å². The molecule has 0 bridgehead atoms. The van der Waals surface area contributed by atoms with Gasteiger partial charge in [-0.05, 0) is 44.1 Å². The van der Waals surface area contributed by atoms with E-state index in [1.165, 1.54) is 32.2 Å². The molecule has 0 unspecified atom stereocenters. The van der Waals surface area contributed by atoms with Gasteiger partial charge in [-0.1, -0.05) is 6.92 Å². The molecule has 0 radical (unpaired) electrons. The lowest BCUT2D eigenvalue weighted by Gasteiger charge is -2.15. The van der Waals surface area contributed by atoms with Gasteiger partial charge in [-0.25, -0.2) is 0 Å². The lowest BCUT2D eigenvalue weighted by molar-refractivity contribution is 0.0913. The highest BCUT2D eigenvalue weighted by molar-refractivity contribution is 4.94. The first kappa shape index (κ1) is 13.9. The van der Waals surface area contributed by atoms with Crippen LogP contribution in [0.4, 0.5) is 0 Å². The van der Waals surface area contributed by atoms with Crippen molar-refractivity contribution in [2.45, 2.75) is 39.0 Å². The number of rotatable bonds is 11. The Balaban J connectivity index is 1.91. The zero-order valence-corrected chi connectivity index (χ0v) is 10.9. The molecule has 1 rings (SSSR count). The number of nitrogens with one attached hydrogen (secondary N) is 1. The van der Waals surface area contributed by atoms with Crippen molar-refractivity contribution in [3.63, 3.8) is 0 Å². The van der Waals surface area contributed by atoms with Crippen molar-refractivity contribution >= 4 is 0 Å². The van der Waals surface area contributed by atoms with Gasteiger partial charge in [0.1, 0.15) is 0 Å². The van der Waals surface area contributed by atoms with Gasteiger partial charge in [0.25, 0.3) is 0 Å². The second-order valence-electron chi connectivity index (χ2n) is 4.89. The molecule has 96 valence electrons. The molecular formula is C13H27NO2. The van der Waals surface area contributed by atoms with Crippen molar-refractivity contribution in [1.82, 2.24) is 5.32 Å². The van der Waals surface area contributed by atoms with Crippen LogP contribution in [0.5, 0.6) is 0 Å². The third-order valence-corrected chi connectivity index (χ3v) is 3.30. The van der Waals surface area contributed by atoms with Gasteiger partial charge in [0.15, 0.2) is 0 Å². The third-order valence-electron chi connectivity index (χ3n) is 3.30. The third kappa shape index (κ3) is 5.83. The van der Waals surface area contributed by atoms with Crippen molar-refractivity contribution in [2.75, 3.05) is 40.0 Å². The van der Waals surface area contributed by atoms with E-state index in [-0.39, 0.29) is 0 Å². The van der Waals surface area contributed by atoms with Gasteiger partial charge in [0, 0.05) is 33.5 Å². The number of methoxy groups -OCH3 is 1. The van der Waals surface area contributed by atoms with Gasteiger partial charge in [0.2, 0.25) is 0 Å². The molecular weight excluding hydrogens is 202 g/mol. The Labute approximate surface area is 99.9 Å². The van der Waals surface area contributed by atoms with E-state index < -0.39 is 0 Å². The van der Waals surface area contributed by atoms with Crippen molar-refractivity contribution < 1.29 is 9.47 Å².